The van der Waals surface area contributed by atoms with Gasteiger partial charge in [-0.1, -0.05) is 81.9 Å². The third kappa shape index (κ3) is 5.70. The molecule has 0 spiro atoms. The first-order valence-corrected chi connectivity index (χ1v) is 15.3. The van der Waals surface area contributed by atoms with E-state index in [-0.39, 0.29) is 17.7 Å². The van der Waals surface area contributed by atoms with E-state index >= 15 is 0 Å². The number of hydrogen-bond donors (Lipinski definition) is 0. The third-order valence-electron chi connectivity index (χ3n) is 7.22. The van der Waals surface area contributed by atoms with Crippen LogP contribution in [-0.4, -0.2) is 17.1 Å². The van der Waals surface area contributed by atoms with Crippen molar-refractivity contribution in [3.8, 4) is 5.75 Å². The summed E-state index contributed by atoms with van der Waals surface area (Å²) in [5.41, 5.74) is 2.72. The number of halogens is 2. The molecule has 1 atom stereocenters. The highest BCUT2D eigenvalue weighted by molar-refractivity contribution is 9.10. The van der Waals surface area contributed by atoms with Crippen LogP contribution in [-0.2, 0) is 16.1 Å². The summed E-state index contributed by atoms with van der Waals surface area (Å²) in [5, 5.41) is 1.93. The number of aromatic nitrogens is 1. The lowest BCUT2D eigenvalue weighted by Gasteiger charge is -2.24. The van der Waals surface area contributed by atoms with Crippen LogP contribution < -0.4 is 19.6 Å². The van der Waals surface area contributed by atoms with Crippen molar-refractivity contribution in [3.63, 3.8) is 0 Å². The zero-order valence-corrected chi connectivity index (χ0v) is 25.7. The number of rotatable bonds is 7. The fourth-order valence-corrected chi connectivity index (χ4v) is 6.47. The van der Waals surface area contributed by atoms with E-state index in [4.69, 9.17) is 9.47 Å². The van der Waals surface area contributed by atoms with Crippen molar-refractivity contribution in [3.05, 3.63) is 143 Å². The minimum Gasteiger partial charge on any atom is -0.488 e. The molecular weight excluding hydrogens is 631 g/mol. The van der Waals surface area contributed by atoms with Crippen molar-refractivity contribution in [2.45, 2.75) is 26.5 Å². The normalized spacial score (nSPS) is 14.9. The molecule has 5 aromatic rings. The van der Waals surface area contributed by atoms with Crippen LogP contribution in [0.2, 0.25) is 0 Å². The van der Waals surface area contributed by atoms with Gasteiger partial charge in [0.1, 0.15) is 18.2 Å². The summed E-state index contributed by atoms with van der Waals surface area (Å²) >= 11 is 4.69. The molecule has 0 amide bonds. The zero-order valence-electron chi connectivity index (χ0n) is 23.3. The maximum atomic E-state index is 14.1. The maximum absolute atomic E-state index is 14.1. The van der Waals surface area contributed by atoms with Gasteiger partial charge in [0, 0.05) is 10.0 Å². The van der Waals surface area contributed by atoms with Crippen molar-refractivity contribution in [2.75, 3.05) is 6.61 Å². The fourth-order valence-electron chi connectivity index (χ4n) is 5.18. The molecule has 2 heterocycles. The standard InChI is InChI=1S/C34H26BrFN2O4S/c1-3-41-33(40)30-20(2)37-34-38(31(30)23-10-15-25(36)16-11-23)32(39)29(43-34)18-27-26-7-5-4-6-22(26)12-17-28(27)42-19-21-8-13-24(35)14-9-21/h4-18,31H,3,19H2,1-2H3/b29-18-/t31-/m0/s1. The van der Waals surface area contributed by atoms with Crippen LogP contribution in [0.25, 0.3) is 16.8 Å². The first-order chi connectivity index (χ1) is 20.8. The Hall–Kier alpha value is -4.34. The van der Waals surface area contributed by atoms with Gasteiger partial charge in [-0.05, 0) is 72.2 Å². The highest BCUT2D eigenvalue weighted by atomic mass is 79.9. The average Bonchev–Trinajstić information content (AvgIpc) is 3.31. The van der Waals surface area contributed by atoms with E-state index in [1.807, 2.05) is 66.7 Å². The maximum Gasteiger partial charge on any atom is 0.338 e. The molecule has 0 N–H and O–H groups in total. The lowest BCUT2D eigenvalue weighted by Crippen LogP contribution is -2.39. The first kappa shape index (κ1) is 28.8. The minimum absolute atomic E-state index is 0.167. The molecule has 1 aliphatic heterocycles. The first-order valence-electron chi connectivity index (χ1n) is 13.7. The molecule has 43 heavy (non-hydrogen) atoms. The molecule has 1 aliphatic rings. The van der Waals surface area contributed by atoms with Gasteiger partial charge in [-0.25, -0.2) is 14.2 Å². The number of nitrogens with zero attached hydrogens (tertiary/aromatic N) is 2. The minimum atomic E-state index is -0.821. The second kappa shape index (κ2) is 12.1. The highest BCUT2D eigenvalue weighted by Crippen LogP contribution is 2.32. The topological polar surface area (TPSA) is 69.9 Å². The number of hydrogen-bond acceptors (Lipinski definition) is 6. The summed E-state index contributed by atoms with van der Waals surface area (Å²) in [6.45, 7) is 3.95. The molecule has 0 aliphatic carbocycles. The number of carbonyl (C=O) groups excluding carboxylic acids is 1. The molecule has 0 bridgehead atoms. The van der Waals surface area contributed by atoms with Crippen LogP contribution in [0.15, 0.2) is 110 Å². The van der Waals surface area contributed by atoms with E-state index in [0.29, 0.717) is 33.0 Å². The molecule has 0 fully saturated rings. The quantitative estimate of drug-likeness (QED) is 0.189. The Kier molecular flexibility index (Phi) is 8.10. The van der Waals surface area contributed by atoms with Gasteiger partial charge in [-0.15, -0.1) is 0 Å². The van der Waals surface area contributed by atoms with Gasteiger partial charge in [0.2, 0.25) is 0 Å². The summed E-state index contributed by atoms with van der Waals surface area (Å²) in [7, 11) is 0. The Balaban J connectivity index is 1.52. The van der Waals surface area contributed by atoms with Gasteiger partial charge in [0.05, 0.1) is 28.5 Å². The molecule has 216 valence electrons. The molecule has 0 radical (unpaired) electrons. The van der Waals surface area contributed by atoms with E-state index in [2.05, 4.69) is 20.9 Å². The Morgan fingerprint density at radius 1 is 1.05 bits per heavy atom. The number of thiazole rings is 1. The molecule has 1 aromatic heterocycles. The summed E-state index contributed by atoms with van der Waals surface area (Å²) in [4.78, 5) is 32.4. The van der Waals surface area contributed by atoms with Gasteiger partial charge in [-0.2, -0.15) is 0 Å². The molecule has 6 nitrogen and oxygen atoms in total. The smallest absolute Gasteiger partial charge is 0.338 e. The summed E-state index contributed by atoms with van der Waals surface area (Å²) < 4.78 is 28.4. The predicted octanol–water partition coefficient (Wildman–Crippen LogP) is 6.43. The number of fused-ring (bicyclic) bond motifs is 2. The number of allylic oxidation sites excluding steroid dienone is 1. The van der Waals surface area contributed by atoms with E-state index in [1.165, 1.54) is 28.0 Å². The molecule has 0 saturated heterocycles. The van der Waals surface area contributed by atoms with Crippen LogP contribution in [0, 0.1) is 5.82 Å². The van der Waals surface area contributed by atoms with Crippen LogP contribution in [0.1, 0.15) is 36.6 Å². The Morgan fingerprint density at radius 2 is 1.79 bits per heavy atom. The van der Waals surface area contributed by atoms with Crippen LogP contribution in [0.3, 0.4) is 0 Å². The molecule has 6 rings (SSSR count). The molecule has 4 aromatic carbocycles. The number of ether oxygens (including phenoxy) is 2. The van der Waals surface area contributed by atoms with Gasteiger partial charge < -0.3 is 9.47 Å². The number of carbonyl (C=O) groups is 1. The van der Waals surface area contributed by atoms with E-state index in [9.17, 15) is 14.0 Å². The van der Waals surface area contributed by atoms with Gasteiger partial charge >= 0.3 is 5.97 Å². The Morgan fingerprint density at radius 3 is 2.53 bits per heavy atom. The van der Waals surface area contributed by atoms with Gasteiger partial charge in [0.15, 0.2) is 4.80 Å². The number of esters is 1. The van der Waals surface area contributed by atoms with Crippen molar-refractivity contribution in [1.29, 1.82) is 0 Å². The van der Waals surface area contributed by atoms with Crippen molar-refractivity contribution in [2.24, 2.45) is 4.99 Å². The third-order valence-corrected chi connectivity index (χ3v) is 8.73. The predicted molar refractivity (Wildman–Crippen MR) is 169 cm³/mol. The highest BCUT2D eigenvalue weighted by Gasteiger charge is 2.33. The van der Waals surface area contributed by atoms with E-state index in [0.717, 1.165) is 26.4 Å². The lowest BCUT2D eigenvalue weighted by molar-refractivity contribution is -0.139. The zero-order chi connectivity index (χ0) is 30.1. The molecule has 0 unspecified atom stereocenters. The van der Waals surface area contributed by atoms with Crippen LogP contribution in [0.5, 0.6) is 5.75 Å². The number of benzene rings is 4. The summed E-state index contributed by atoms with van der Waals surface area (Å²) in [6, 6.07) is 24.7. The van der Waals surface area contributed by atoms with E-state index in [1.54, 1.807) is 26.0 Å². The lowest BCUT2D eigenvalue weighted by atomic mass is 9.96. The van der Waals surface area contributed by atoms with E-state index < -0.39 is 17.8 Å². The van der Waals surface area contributed by atoms with Gasteiger partial charge in [0.25, 0.3) is 5.56 Å². The Bertz CT molecular complexity index is 2070. The molecule has 9 heteroatoms. The largest absolute Gasteiger partial charge is 0.488 e. The second-order valence-electron chi connectivity index (χ2n) is 9.97. The summed E-state index contributed by atoms with van der Waals surface area (Å²) in [6.07, 6.45) is 1.83. The van der Waals surface area contributed by atoms with Gasteiger partial charge in [-0.3, -0.25) is 9.36 Å². The van der Waals surface area contributed by atoms with Crippen LogP contribution >= 0.6 is 27.3 Å². The summed E-state index contributed by atoms with van der Waals surface area (Å²) in [5.74, 6) is -0.350. The SMILES string of the molecule is CCOC(=O)C1=C(C)N=c2s/c(=C\c3c(OCc4ccc(Br)cc4)ccc4ccccc34)c(=O)n2[C@H]1c1ccc(F)cc1. The van der Waals surface area contributed by atoms with Crippen molar-refractivity contribution >= 4 is 50.1 Å². The monoisotopic (exact) mass is 656 g/mol. The Labute approximate surface area is 259 Å². The molecular formula is C34H26BrFN2O4S. The fraction of sp³-hybridized carbons (Fsp3) is 0.147. The van der Waals surface area contributed by atoms with Crippen molar-refractivity contribution in [1.82, 2.24) is 4.57 Å². The van der Waals surface area contributed by atoms with Crippen molar-refractivity contribution < 1.29 is 18.7 Å². The van der Waals surface area contributed by atoms with Crippen LogP contribution in [0.4, 0.5) is 4.39 Å². The average molecular weight is 658 g/mol. The second-order valence-corrected chi connectivity index (χ2v) is 11.9. The molecule has 0 saturated carbocycles.